The van der Waals surface area contributed by atoms with Crippen molar-refractivity contribution in [3.8, 4) is 0 Å². The summed E-state index contributed by atoms with van der Waals surface area (Å²) < 4.78 is 36.2. The molecule has 1 aromatic rings. The number of halogens is 3. The van der Waals surface area contributed by atoms with Crippen LogP contribution in [0.15, 0.2) is 22.7 Å². The fourth-order valence-electron chi connectivity index (χ4n) is 1.80. The maximum absolute atomic E-state index is 12.9. The Balaban J connectivity index is 2.33. The second-order valence-corrected chi connectivity index (χ2v) is 7.62. The Morgan fingerprint density at radius 3 is 2.61 bits per heavy atom. The molecule has 0 bridgehead atoms. The summed E-state index contributed by atoms with van der Waals surface area (Å²) in [4.78, 5) is 13.0. The van der Waals surface area contributed by atoms with E-state index in [2.05, 4.69) is 38.5 Å². The number of anilines is 1. The zero-order valence-corrected chi connectivity index (χ0v) is 13.5. The van der Waals surface area contributed by atoms with E-state index in [1.165, 1.54) is 4.90 Å². The molecule has 1 saturated heterocycles. The first-order valence-electron chi connectivity index (χ1n) is 4.98. The van der Waals surface area contributed by atoms with Crippen molar-refractivity contribution in [2.75, 3.05) is 11.4 Å². The van der Waals surface area contributed by atoms with Gasteiger partial charge < -0.3 is 4.90 Å². The van der Waals surface area contributed by atoms with Crippen molar-refractivity contribution in [2.45, 2.75) is 11.7 Å². The molecule has 0 N–H and O–H groups in total. The van der Waals surface area contributed by atoms with Crippen molar-refractivity contribution in [2.24, 2.45) is 0 Å². The number of carbonyl (C=O) groups is 1. The predicted octanol–water partition coefficient (Wildman–Crippen LogP) is 2.46. The van der Waals surface area contributed by atoms with Gasteiger partial charge in [0, 0.05) is 21.0 Å². The van der Waals surface area contributed by atoms with E-state index in [1.807, 2.05) is 0 Å². The van der Waals surface area contributed by atoms with Gasteiger partial charge in [0.1, 0.15) is 5.25 Å². The highest BCUT2D eigenvalue weighted by atomic mass is 127. The molecular weight excluding hydrogens is 440 g/mol. The quantitative estimate of drug-likeness (QED) is 0.517. The van der Waals surface area contributed by atoms with E-state index in [9.17, 15) is 17.1 Å². The first-order valence-corrected chi connectivity index (χ1v) is 8.30. The molecule has 1 aliphatic heterocycles. The molecule has 1 aliphatic rings. The summed E-state index contributed by atoms with van der Waals surface area (Å²) in [6.07, 6.45) is -0.308. The van der Waals surface area contributed by atoms with Gasteiger partial charge >= 0.3 is 10.2 Å². The minimum Gasteiger partial charge on any atom is -0.310 e. The van der Waals surface area contributed by atoms with E-state index in [-0.39, 0.29) is 18.9 Å². The van der Waals surface area contributed by atoms with Crippen molar-refractivity contribution in [3.63, 3.8) is 0 Å². The standard InChI is InChI=1S/C10H8BrFINO3S/c11-8-3-6(13)1-2-9(8)14-5-7(4-10(14)15)18(12,16)17/h1-3,7H,4-5H2. The van der Waals surface area contributed by atoms with Gasteiger partial charge in [-0.25, -0.2) is 0 Å². The number of carbonyl (C=O) groups excluding carboxylic acids is 1. The molecule has 0 radical (unpaired) electrons. The fraction of sp³-hybridized carbons (Fsp3) is 0.300. The van der Waals surface area contributed by atoms with E-state index < -0.39 is 15.5 Å². The number of amides is 1. The average Bonchev–Trinajstić information content (AvgIpc) is 2.60. The maximum atomic E-state index is 12.9. The summed E-state index contributed by atoms with van der Waals surface area (Å²) in [5.74, 6) is -0.386. The monoisotopic (exact) mass is 447 g/mol. The minimum absolute atomic E-state index is 0.142. The molecular formula is C10H8BrFINO3S. The third kappa shape index (κ3) is 2.85. The third-order valence-electron chi connectivity index (χ3n) is 2.69. The normalized spacial score (nSPS) is 20.5. The largest absolute Gasteiger partial charge is 0.310 e. The van der Waals surface area contributed by atoms with Gasteiger partial charge in [-0.2, -0.15) is 8.42 Å². The highest BCUT2D eigenvalue weighted by Crippen LogP contribution is 2.32. The minimum atomic E-state index is -4.68. The lowest BCUT2D eigenvalue weighted by molar-refractivity contribution is -0.117. The number of benzene rings is 1. The maximum Gasteiger partial charge on any atom is 0.307 e. The molecule has 2 rings (SSSR count). The zero-order valence-electron chi connectivity index (χ0n) is 8.94. The zero-order chi connectivity index (χ0) is 13.5. The molecule has 0 aromatic heterocycles. The molecule has 1 aromatic carbocycles. The highest BCUT2D eigenvalue weighted by molar-refractivity contribution is 14.1. The number of hydrogen-bond acceptors (Lipinski definition) is 3. The van der Waals surface area contributed by atoms with Crippen LogP contribution in [0.2, 0.25) is 0 Å². The van der Waals surface area contributed by atoms with Crippen molar-refractivity contribution >= 4 is 60.3 Å². The van der Waals surface area contributed by atoms with Crippen LogP contribution >= 0.6 is 38.5 Å². The summed E-state index contributed by atoms with van der Waals surface area (Å²) in [7, 11) is -4.68. The third-order valence-corrected chi connectivity index (χ3v) is 5.11. The fourth-order valence-corrected chi connectivity index (χ4v) is 3.98. The van der Waals surface area contributed by atoms with Gasteiger partial charge in [-0.05, 0) is 56.7 Å². The molecule has 18 heavy (non-hydrogen) atoms. The first kappa shape index (κ1) is 14.2. The number of hydrogen-bond donors (Lipinski definition) is 0. The summed E-state index contributed by atoms with van der Waals surface area (Å²) >= 11 is 5.43. The molecule has 1 fully saturated rings. The van der Waals surface area contributed by atoms with Gasteiger partial charge in [0.2, 0.25) is 5.91 Å². The highest BCUT2D eigenvalue weighted by Gasteiger charge is 2.39. The topological polar surface area (TPSA) is 54.5 Å². The van der Waals surface area contributed by atoms with Crippen LogP contribution < -0.4 is 4.90 Å². The van der Waals surface area contributed by atoms with Gasteiger partial charge in [-0.1, -0.05) is 0 Å². The number of nitrogens with zero attached hydrogens (tertiary/aromatic N) is 1. The van der Waals surface area contributed by atoms with Gasteiger partial charge in [-0.15, -0.1) is 3.89 Å². The smallest absolute Gasteiger partial charge is 0.307 e. The lowest BCUT2D eigenvalue weighted by Crippen LogP contribution is -2.27. The van der Waals surface area contributed by atoms with Crippen LogP contribution in [0, 0.1) is 3.57 Å². The van der Waals surface area contributed by atoms with Crippen LogP contribution in [0.1, 0.15) is 6.42 Å². The second kappa shape index (κ2) is 5.04. The molecule has 1 amide bonds. The lowest BCUT2D eigenvalue weighted by Gasteiger charge is -2.17. The van der Waals surface area contributed by atoms with Crippen LogP contribution in [0.3, 0.4) is 0 Å². The molecule has 0 aliphatic carbocycles. The Morgan fingerprint density at radius 2 is 2.11 bits per heavy atom. The Kier molecular flexibility index (Phi) is 3.98. The average molecular weight is 448 g/mol. The number of rotatable bonds is 2. The van der Waals surface area contributed by atoms with E-state index in [0.29, 0.717) is 10.2 Å². The molecule has 1 heterocycles. The van der Waals surface area contributed by atoms with Crippen molar-refractivity contribution < 1.29 is 17.1 Å². The van der Waals surface area contributed by atoms with Gasteiger partial charge in [0.05, 0.1) is 5.69 Å². The molecule has 4 nitrogen and oxygen atoms in total. The second-order valence-electron chi connectivity index (χ2n) is 3.90. The Labute approximate surface area is 126 Å². The molecule has 98 valence electrons. The molecule has 0 spiro atoms. The molecule has 1 atom stereocenters. The Hall–Kier alpha value is -0.220. The SMILES string of the molecule is O=C1CC(S(=O)(=O)F)CN1c1ccc(I)cc1Br. The van der Waals surface area contributed by atoms with Gasteiger partial charge in [-0.3, -0.25) is 4.79 Å². The molecule has 0 saturated carbocycles. The predicted molar refractivity (Wildman–Crippen MR) is 77.6 cm³/mol. The molecule has 8 heteroatoms. The summed E-state index contributed by atoms with van der Waals surface area (Å²) in [5.41, 5.74) is 0.562. The van der Waals surface area contributed by atoms with Crippen molar-refractivity contribution in [1.29, 1.82) is 0 Å². The molecule has 1 unspecified atom stereocenters. The van der Waals surface area contributed by atoms with E-state index in [4.69, 9.17) is 0 Å². The first-order chi connectivity index (χ1) is 8.29. The summed E-state index contributed by atoms with van der Waals surface area (Å²) in [5, 5.41) is -1.27. The lowest BCUT2D eigenvalue weighted by atomic mass is 10.3. The van der Waals surface area contributed by atoms with Crippen molar-refractivity contribution in [1.82, 2.24) is 0 Å². The van der Waals surface area contributed by atoms with Crippen LogP contribution in [0.25, 0.3) is 0 Å². The van der Waals surface area contributed by atoms with Crippen LogP contribution in [0.5, 0.6) is 0 Å². The Bertz CT molecular complexity index is 607. The van der Waals surface area contributed by atoms with E-state index in [1.54, 1.807) is 18.2 Å². The van der Waals surface area contributed by atoms with E-state index >= 15 is 0 Å². The Morgan fingerprint density at radius 1 is 1.44 bits per heavy atom. The van der Waals surface area contributed by atoms with Crippen LogP contribution in [-0.2, 0) is 15.0 Å². The van der Waals surface area contributed by atoms with Crippen LogP contribution in [0.4, 0.5) is 9.57 Å². The van der Waals surface area contributed by atoms with Crippen LogP contribution in [-0.4, -0.2) is 26.1 Å². The van der Waals surface area contributed by atoms with Gasteiger partial charge in [0.15, 0.2) is 0 Å². The summed E-state index contributed by atoms with van der Waals surface area (Å²) in [6, 6.07) is 5.31. The van der Waals surface area contributed by atoms with Crippen molar-refractivity contribution in [3.05, 3.63) is 26.2 Å². The van der Waals surface area contributed by atoms with Gasteiger partial charge in [0.25, 0.3) is 0 Å². The van der Waals surface area contributed by atoms with E-state index in [0.717, 1.165) is 3.57 Å². The summed E-state index contributed by atoms with van der Waals surface area (Å²) in [6.45, 7) is -0.142.